The number of hydrogen-bond acceptors (Lipinski definition) is 2. The van der Waals surface area contributed by atoms with E-state index in [4.69, 9.17) is 11.6 Å². The number of carbonyl (C=O) groups is 1. The molecule has 1 N–H and O–H groups in total. The molecule has 1 heterocycles. The average Bonchev–Trinajstić information content (AvgIpc) is 2.81. The van der Waals surface area contributed by atoms with Gasteiger partial charge in [-0.3, -0.25) is 0 Å². The fourth-order valence-electron chi connectivity index (χ4n) is 1.81. The summed E-state index contributed by atoms with van der Waals surface area (Å²) in [7, 11) is 0. The first-order valence-corrected chi connectivity index (χ1v) is 8.13. The van der Waals surface area contributed by atoms with Gasteiger partial charge in [-0.25, -0.2) is 4.79 Å². The van der Waals surface area contributed by atoms with Crippen LogP contribution >= 0.6 is 22.9 Å². The number of thiophene rings is 1. The molecular weight excluding hydrogens is 280 g/mol. The van der Waals surface area contributed by atoms with Crippen molar-refractivity contribution in [2.45, 2.75) is 46.1 Å². The highest BCUT2D eigenvalue weighted by atomic mass is 35.5. The first-order chi connectivity index (χ1) is 9.17. The molecule has 0 radical (unpaired) electrons. The van der Waals surface area contributed by atoms with Crippen LogP contribution in [0, 0.1) is 0 Å². The molecule has 0 fully saturated rings. The van der Waals surface area contributed by atoms with Gasteiger partial charge in [0.2, 0.25) is 0 Å². The Bertz CT molecular complexity index is 381. The third kappa shape index (κ3) is 6.30. The maximum Gasteiger partial charge on any atom is 0.317 e. The molecule has 0 atom stereocenters. The summed E-state index contributed by atoms with van der Waals surface area (Å²) in [6.07, 6.45) is 4.70. The highest BCUT2D eigenvalue weighted by Crippen LogP contribution is 2.22. The van der Waals surface area contributed by atoms with Crippen molar-refractivity contribution in [1.29, 1.82) is 0 Å². The molecule has 19 heavy (non-hydrogen) atoms. The Morgan fingerprint density at radius 2 is 2.11 bits per heavy atom. The van der Waals surface area contributed by atoms with Gasteiger partial charge in [-0.1, -0.05) is 37.8 Å². The van der Waals surface area contributed by atoms with E-state index in [-0.39, 0.29) is 6.03 Å². The minimum Gasteiger partial charge on any atom is -0.338 e. The monoisotopic (exact) mass is 302 g/mol. The molecule has 108 valence electrons. The normalized spacial score (nSPS) is 10.5. The zero-order valence-electron chi connectivity index (χ0n) is 11.7. The Morgan fingerprint density at radius 3 is 2.68 bits per heavy atom. The van der Waals surface area contributed by atoms with Crippen molar-refractivity contribution in [1.82, 2.24) is 10.2 Å². The molecule has 1 rings (SSSR count). The number of nitrogens with zero attached hydrogens (tertiary/aromatic N) is 1. The molecule has 0 bridgehead atoms. The maximum atomic E-state index is 12.0. The summed E-state index contributed by atoms with van der Waals surface area (Å²) >= 11 is 7.43. The van der Waals surface area contributed by atoms with Gasteiger partial charge in [0.1, 0.15) is 0 Å². The molecule has 1 aromatic heterocycles. The van der Waals surface area contributed by atoms with E-state index < -0.39 is 0 Å². The molecule has 0 aliphatic carbocycles. The molecule has 0 aliphatic rings. The molecule has 1 aromatic rings. The van der Waals surface area contributed by atoms with Crippen molar-refractivity contribution in [3.63, 3.8) is 0 Å². The van der Waals surface area contributed by atoms with Crippen molar-refractivity contribution in [3.05, 3.63) is 21.3 Å². The van der Waals surface area contributed by atoms with E-state index in [2.05, 4.69) is 12.2 Å². The quantitative estimate of drug-likeness (QED) is 0.704. The smallest absolute Gasteiger partial charge is 0.317 e. The van der Waals surface area contributed by atoms with Crippen LogP contribution in [0.15, 0.2) is 12.1 Å². The van der Waals surface area contributed by atoms with Crippen molar-refractivity contribution in [3.8, 4) is 0 Å². The SMILES string of the molecule is CCCCCCNC(=O)N(CC)Cc1ccc(Cl)s1. The van der Waals surface area contributed by atoms with E-state index in [9.17, 15) is 4.79 Å². The number of unbranched alkanes of at least 4 members (excludes halogenated alkanes) is 3. The Kier molecular flexibility index (Phi) is 7.91. The standard InChI is InChI=1S/C14H23ClN2OS/c1-3-5-6-7-10-16-14(18)17(4-2)11-12-8-9-13(15)19-12/h8-9H,3-7,10-11H2,1-2H3,(H,16,18). The van der Waals surface area contributed by atoms with Crippen molar-refractivity contribution < 1.29 is 4.79 Å². The second kappa shape index (κ2) is 9.21. The lowest BCUT2D eigenvalue weighted by atomic mass is 10.2. The molecule has 0 spiro atoms. The second-order valence-corrected chi connectivity index (χ2v) is 6.31. The summed E-state index contributed by atoms with van der Waals surface area (Å²) in [6.45, 7) is 6.28. The predicted octanol–water partition coefficient (Wildman–Crippen LogP) is 4.51. The van der Waals surface area contributed by atoms with Crippen molar-refractivity contribution >= 4 is 29.0 Å². The third-order valence-electron chi connectivity index (χ3n) is 2.95. The van der Waals surface area contributed by atoms with Gasteiger partial charge in [0.15, 0.2) is 0 Å². The van der Waals surface area contributed by atoms with Crippen LogP contribution in [0.1, 0.15) is 44.4 Å². The average molecular weight is 303 g/mol. The Morgan fingerprint density at radius 1 is 1.32 bits per heavy atom. The van der Waals surface area contributed by atoms with Gasteiger partial charge in [0.25, 0.3) is 0 Å². The van der Waals surface area contributed by atoms with Crippen LogP contribution < -0.4 is 5.32 Å². The van der Waals surface area contributed by atoms with Gasteiger partial charge in [0, 0.05) is 18.0 Å². The summed E-state index contributed by atoms with van der Waals surface area (Å²) in [5, 5.41) is 2.98. The minimum atomic E-state index is 0.0171. The Labute approximate surface area is 124 Å². The van der Waals surface area contributed by atoms with Crippen molar-refractivity contribution in [2.75, 3.05) is 13.1 Å². The molecule has 2 amide bonds. The first kappa shape index (κ1) is 16.3. The number of nitrogens with one attached hydrogen (secondary N) is 1. The first-order valence-electron chi connectivity index (χ1n) is 6.94. The number of urea groups is 1. The molecular formula is C14H23ClN2OS. The predicted molar refractivity (Wildman–Crippen MR) is 83.0 cm³/mol. The fraction of sp³-hybridized carbons (Fsp3) is 0.643. The zero-order chi connectivity index (χ0) is 14.1. The van der Waals surface area contributed by atoms with Crippen LogP contribution in [0.2, 0.25) is 4.34 Å². The van der Waals surface area contributed by atoms with Gasteiger partial charge in [-0.05, 0) is 25.5 Å². The van der Waals surface area contributed by atoms with Crippen LogP contribution in [-0.2, 0) is 6.54 Å². The lowest BCUT2D eigenvalue weighted by Gasteiger charge is -2.20. The summed E-state index contributed by atoms with van der Waals surface area (Å²) in [6, 6.07) is 3.87. The largest absolute Gasteiger partial charge is 0.338 e. The highest BCUT2D eigenvalue weighted by Gasteiger charge is 2.12. The maximum absolute atomic E-state index is 12.0. The lowest BCUT2D eigenvalue weighted by Crippen LogP contribution is -2.39. The number of amides is 2. The molecule has 0 aliphatic heterocycles. The van der Waals surface area contributed by atoms with Crippen molar-refractivity contribution in [2.24, 2.45) is 0 Å². The van der Waals surface area contributed by atoms with Crippen LogP contribution in [0.3, 0.4) is 0 Å². The third-order valence-corrected chi connectivity index (χ3v) is 4.17. The van der Waals surface area contributed by atoms with E-state index in [0.29, 0.717) is 13.1 Å². The molecule has 0 saturated heterocycles. The molecule has 3 nitrogen and oxygen atoms in total. The summed E-state index contributed by atoms with van der Waals surface area (Å²) in [5.41, 5.74) is 0. The number of carbonyl (C=O) groups excluding carboxylic acids is 1. The van der Waals surface area contributed by atoms with Crippen LogP contribution in [0.5, 0.6) is 0 Å². The number of hydrogen-bond donors (Lipinski definition) is 1. The van der Waals surface area contributed by atoms with Gasteiger partial charge >= 0.3 is 6.03 Å². The lowest BCUT2D eigenvalue weighted by molar-refractivity contribution is 0.198. The second-order valence-electron chi connectivity index (χ2n) is 4.51. The van der Waals surface area contributed by atoms with Crippen LogP contribution in [0.4, 0.5) is 4.79 Å². The number of halogens is 1. The summed E-state index contributed by atoms with van der Waals surface area (Å²) in [5.74, 6) is 0. The molecule has 5 heteroatoms. The van der Waals surface area contributed by atoms with Crippen LogP contribution in [-0.4, -0.2) is 24.0 Å². The molecule has 0 aromatic carbocycles. The van der Waals surface area contributed by atoms with E-state index in [1.54, 1.807) is 0 Å². The minimum absolute atomic E-state index is 0.0171. The van der Waals surface area contributed by atoms with E-state index in [0.717, 1.165) is 22.2 Å². The van der Waals surface area contributed by atoms with Gasteiger partial charge < -0.3 is 10.2 Å². The Hall–Kier alpha value is -0.740. The fourth-order valence-corrected chi connectivity index (χ4v) is 2.91. The van der Waals surface area contributed by atoms with Crippen LogP contribution in [0.25, 0.3) is 0 Å². The van der Waals surface area contributed by atoms with Gasteiger partial charge in [-0.2, -0.15) is 0 Å². The molecule has 0 saturated carbocycles. The van der Waals surface area contributed by atoms with E-state index in [1.165, 1.54) is 30.6 Å². The topological polar surface area (TPSA) is 32.3 Å². The van der Waals surface area contributed by atoms with Gasteiger partial charge in [-0.15, -0.1) is 11.3 Å². The summed E-state index contributed by atoms with van der Waals surface area (Å²) in [4.78, 5) is 14.9. The summed E-state index contributed by atoms with van der Waals surface area (Å²) < 4.78 is 0.769. The zero-order valence-corrected chi connectivity index (χ0v) is 13.3. The van der Waals surface area contributed by atoms with E-state index >= 15 is 0 Å². The number of rotatable bonds is 8. The highest BCUT2D eigenvalue weighted by molar-refractivity contribution is 7.16. The van der Waals surface area contributed by atoms with Gasteiger partial charge in [0.05, 0.1) is 10.9 Å². The molecule has 0 unspecified atom stereocenters. The van der Waals surface area contributed by atoms with E-state index in [1.807, 2.05) is 24.0 Å². The Balaban J connectivity index is 2.31.